The lowest BCUT2D eigenvalue weighted by Gasteiger charge is -2.11. The van der Waals surface area contributed by atoms with E-state index in [1.165, 1.54) is 12.8 Å². The predicted octanol–water partition coefficient (Wildman–Crippen LogP) is 1.72. The molecule has 78 valence electrons. The average molecular weight is 220 g/mol. The highest BCUT2D eigenvalue weighted by atomic mass is 32.1. The number of nitrogens with two attached hydrogens (primary N) is 1. The fraction of sp³-hybridized carbons (Fsp3) is 0.400. The second kappa shape index (κ2) is 3.43. The Morgan fingerprint density at radius 1 is 1.53 bits per heavy atom. The Morgan fingerprint density at radius 2 is 2.40 bits per heavy atom. The van der Waals surface area contributed by atoms with Crippen LogP contribution in [0.2, 0.25) is 0 Å². The van der Waals surface area contributed by atoms with Gasteiger partial charge in [0.1, 0.15) is 5.01 Å². The normalized spacial score (nSPS) is 17.9. The minimum absolute atomic E-state index is 0.131. The Morgan fingerprint density at radius 3 is 3.07 bits per heavy atom. The summed E-state index contributed by atoms with van der Waals surface area (Å²) >= 11 is 1.59. The van der Waals surface area contributed by atoms with Crippen LogP contribution in [0.5, 0.6) is 0 Å². The summed E-state index contributed by atoms with van der Waals surface area (Å²) in [5.41, 5.74) is 7.24. The molecule has 3 rings (SSSR count). The van der Waals surface area contributed by atoms with Crippen LogP contribution in [-0.4, -0.2) is 14.5 Å². The van der Waals surface area contributed by atoms with Crippen molar-refractivity contribution in [3.63, 3.8) is 0 Å². The highest BCUT2D eigenvalue weighted by molar-refractivity contribution is 7.09. The van der Waals surface area contributed by atoms with Crippen molar-refractivity contribution in [2.45, 2.75) is 24.9 Å². The van der Waals surface area contributed by atoms with Crippen LogP contribution in [0, 0.1) is 0 Å². The van der Waals surface area contributed by atoms with Gasteiger partial charge in [-0.15, -0.1) is 11.3 Å². The zero-order chi connectivity index (χ0) is 10.3. The third kappa shape index (κ3) is 1.57. The Labute approximate surface area is 91.8 Å². The van der Waals surface area contributed by atoms with Gasteiger partial charge in [0, 0.05) is 17.6 Å². The topological polar surface area (TPSA) is 56.7 Å². The molecular formula is C10H12N4S. The van der Waals surface area contributed by atoms with Gasteiger partial charge in [0.05, 0.1) is 24.3 Å². The first-order valence-corrected chi connectivity index (χ1v) is 5.91. The number of imidazole rings is 1. The molecule has 1 unspecified atom stereocenters. The van der Waals surface area contributed by atoms with Crippen molar-refractivity contribution in [2.24, 2.45) is 5.73 Å². The lowest BCUT2D eigenvalue weighted by molar-refractivity contribution is 0.659. The van der Waals surface area contributed by atoms with E-state index in [2.05, 4.69) is 14.5 Å². The monoisotopic (exact) mass is 220 g/mol. The van der Waals surface area contributed by atoms with Gasteiger partial charge < -0.3 is 10.3 Å². The van der Waals surface area contributed by atoms with E-state index in [0.29, 0.717) is 6.04 Å². The van der Waals surface area contributed by atoms with Crippen LogP contribution >= 0.6 is 11.3 Å². The van der Waals surface area contributed by atoms with Crippen LogP contribution in [-0.2, 0) is 0 Å². The van der Waals surface area contributed by atoms with Crippen molar-refractivity contribution in [1.82, 2.24) is 14.5 Å². The van der Waals surface area contributed by atoms with Crippen LogP contribution in [0.4, 0.5) is 0 Å². The quantitative estimate of drug-likeness (QED) is 0.857. The molecule has 4 nitrogen and oxygen atoms in total. The van der Waals surface area contributed by atoms with Gasteiger partial charge in [0.15, 0.2) is 0 Å². The van der Waals surface area contributed by atoms with Crippen molar-refractivity contribution in [1.29, 1.82) is 0 Å². The van der Waals surface area contributed by atoms with Gasteiger partial charge in [0.25, 0.3) is 0 Å². The van der Waals surface area contributed by atoms with Gasteiger partial charge in [0.2, 0.25) is 0 Å². The second-order valence-electron chi connectivity index (χ2n) is 3.80. The van der Waals surface area contributed by atoms with Gasteiger partial charge in [-0.05, 0) is 12.8 Å². The van der Waals surface area contributed by atoms with E-state index in [-0.39, 0.29) is 6.04 Å². The molecule has 0 radical (unpaired) electrons. The molecule has 0 aromatic carbocycles. The Hall–Kier alpha value is -1.20. The Kier molecular flexibility index (Phi) is 2.07. The zero-order valence-electron chi connectivity index (χ0n) is 8.21. The number of hydrogen-bond donors (Lipinski definition) is 1. The molecule has 2 heterocycles. The van der Waals surface area contributed by atoms with E-state index in [0.717, 1.165) is 10.7 Å². The maximum absolute atomic E-state index is 6.16. The summed E-state index contributed by atoms with van der Waals surface area (Å²) < 4.78 is 2.19. The smallest absolute Gasteiger partial charge is 0.115 e. The van der Waals surface area contributed by atoms with Gasteiger partial charge in [-0.25, -0.2) is 9.97 Å². The first kappa shape index (κ1) is 9.06. The Balaban J connectivity index is 1.94. The molecule has 2 aromatic heterocycles. The highest BCUT2D eigenvalue weighted by Crippen LogP contribution is 2.37. The molecule has 5 heteroatoms. The van der Waals surface area contributed by atoms with E-state index < -0.39 is 0 Å². The van der Waals surface area contributed by atoms with Crippen molar-refractivity contribution in [3.05, 3.63) is 34.8 Å². The molecule has 2 N–H and O–H groups in total. The van der Waals surface area contributed by atoms with Crippen LogP contribution in [0.15, 0.2) is 24.1 Å². The molecular weight excluding hydrogens is 208 g/mol. The van der Waals surface area contributed by atoms with Crippen LogP contribution in [0.3, 0.4) is 0 Å². The molecule has 1 saturated carbocycles. The maximum atomic E-state index is 6.16. The van der Waals surface area contributed by atoms with Gasteiger partial charge in [-0.1, -0.05) is 0 Å². The molecule has 1 aliphatic carbocycles. The summed E-state index contributed by atoms with van der Waals surface area (Å²) in [6.45, 7) is 0. The van der Waals surface area contributed by atoms with E-state index >= 15 is 0 Å². The summed E-state index contributed by atoms with van der Waals surface area (Å²) in [4.78, 5) is 8.42. The molecule has 0 aliphatic heterocycles. The lowest BCUT2D eigenvalue weighted by atomic mass is 10.2. The fourth-order valence-corrected chi connectivity index (χ4v) is 2.38. The van der Waals surface area contributed by atoms with Crippen molar-refractivity contribution in [2.75, 3.05) is 0 Å². The first-order valence-electron chi connectivity index (χ1n) is 5.03. The van der Waals surface area contributed by atoms with Crippen LogP contribution < -0.4 is 5.73 Å². The van der Waals surface area contributed by atoms with E-state index in [1.54, 1.807) is 17.5 Å². The number of rotatable bonds is 3. The number of aromatic nitrogens is 3. The molecule has 1 fully saturated rings. The predicted molar refractivity (Wildman–Crippen MR) is 58.6 cm³/mol. The molecule has 0 saturated heterocycles. The number of thiazole rings is 1. The number of hydrogen-bond acceptors (Lipinski definition) is 4. The minimum Gasteiger partial charge on any atom is -0.330 e. The summed E-state index contributed by atoms with van der Waals surface area (Å²) in [6, 6.07) is 0.488. The molecule has 1 atom stereocenters. The number of nitrogens with zero attached hydrogens (tertiary/aromatic N) is 3. The fourth-order valence-electron chi connectivity index (χ4n) is 1.73. The largest absolute Gasteiger partial charge is 0.330 e. The molecule has 0 bridgehead atoms. The van der Waals surface area contributed by atoms with Gasteiger partial charge in [-0.2, -0.15) is 0 Å². The van der Waals surface area contributed by atoms with Crippen molar-refractivity contribution >= 4 is 11.3 Å². The molecule has 2 aromatic rings. The highest BCUT2D eigenvalue weighted by Gasteiger charge is 2.27. The summed E-state index contributed by atoms with van der Waals surface area (Å²) in [6.07, 6.45) is 8.00. The molecule has 1 aliphatic rings. The molecule has 0 spiro atoms. The van der Waals surface area contributed by atoms with Crippen molar-refractivity contribution in [3.8, 4) is 0 Å². The van der Waals surface area contributed by atoms with Gasteiger partial charge in [-0.3, -0.25) is 0 Å². The standard InChI is InChI=1S/C10H12N4S/c11-9(10-13-3-4-15-10)8-5-12-6-14(8)7-1-2-7/h3-7,9H,1-2,11H2. The third-order valence-electron chi connectivity index (χ3n) is 2.67. The SMILES string of the molecule is NC(c1nccs1)c1cncn1C1CC1. The summed E-state index contributed by atoms with van der Waals surface area (Å²) in [7, 11) is 0. The summed E-state index contributed by atoms with van der Waals surface area (Å²) in [5.74, 6) is 0. The first-order chi connectivity index (χ1) is 7.36. The van der Waals surface area contributed by atoms with Crippen LogP contribution in [0.25, 0.3) is 0 Å². The lowest BCUT2D eigenvalue weighted by Crippen LogP contribution is -2.15. The third-order valence-corrected chi connectivity index (χ3v) is 3.53. The summed E-state index contributed by atoms with van der Waals surface area (Å²) in [5, 5.41) is 2.91. The second-order valence-corrected chi connectivity index (χ2v) is 4.73. The van der Waals surface area contributed by atoms with E-state index in [9.17, 15) is 0 Å². The van der Waals surface area contributed by atoms with E-state index in [4.69, 9.17) is 5.73 Å². The minimum atomic E-state index is -0.131. The van der Waals surface area contributed by atoms with E-state index in [1.807, 2.05) is 17.9 Å². The molecule has 0 amide bonds. The van der Waals surface area contributed by atoms with Crippen LogP contribution in [0.1, 0.15) is 35.6 Å². The van der Waals surface area contributed by atoms with Crippen molar-refractivity contribution < 1.29 is 0 Å². The Bertz CT molecular complexity index is 444. The zero-order valence-corrected chi connectivity index (χ0v) is 9.02. The van der Waals surface area contributed by atoms with Gasteiger partial charge >= 0.3 is 0 Å². The molecule has 15 heavy (non-hydrogen) atoms. The average Bonchev–Trinajstić information content (AvgIpc) is 2.82. The maximum Gasteiger partial charge on any atom is 0.115 e.